The fourth-order valence-electron chi connectivity index (χ4n) is 1.78. The SMILES string of the molecule is CCc1ccccc1Nc1nc(C(F)(F)F)c(C(=O)O)s1. The Kier molecular flexibility index (Phi) is 4.17. The molecule has 0 radical (unpaired) electrons. The van der Waals surface area contributed by atoms with Crippen molar-refractivity contribution in [3.05, 3.63) is 40.4 Å². The van der Waals surface area contributed by atoms with Crippen LogP contribution in [0.2, 0.25) is 0 Å². The summed E-state index contributed by atoms with van der Waals surface area (Å²) in [5.74, 6) is -1.64. The molecule has 0 atom stereocenters. The number of rotatable bonds is 4. The normalized spacial score (nSPS) is 11.4. The number of carboxylic acid groups (broad SMARTS) is 1. The first-order chi connectivity index (χ1) is 9.82. The molecule has 2 N–H and O–H groups in total. The van der Waals surface area contributed by atoms with Crippen LogP contribution in [0.4, 0.5) is 24.0 Å². The zero-order valence-electron chi connectivity index (χ0n) is 10.9. The minimum atomic E-state index is -4.80. The maximum atomic E-state index is 12.8. The number of hydrogen-bond donors (Lipinski definition) is 2. The Morgan fingerprint density at radius 1 is 1.38 bits per heavy atom. The lowest BCUT2D eigenvalue weighted by molar-refractivity contribution is -0.141. The summed E-state index contributed by atoms with van der Waals surface area (Å²) in [4.78, 5) is 13.5. The summed E-state index contributed by atoms with van der Waals surface area (Å²) in [5, 5.41) is 11.5. The molecule has 0 unspecified atom stereocenters. The van der Waals surface area contributed by atoms with Gasteiger partial charge >= 0.3 is 12.1 Å². The van der Waals surface area contributed by atoms with Gasteiger partial charge in [0.2, 0.25) is 0 Å². The van der Waals surface area contributed by atoms with Gasteiger partial charge in [0.1, 0.15) is 4.88 Å². The number of anilines is 2. The lowest BCUT2D eigenvalue weighted by atomic mass is 10.1. The zero-order chi connectivity index (χ0) is 15.6. The van der Waals surface area contributed by atoms with Crippen LogP contribution in [0.1, 0.15) is 27.9 Å². The van der Waals surface area contributed by atoms with Crippen molar-refractivity contribution in [2.45, 2.75) is 19.5 Å². The maximum absolute atomic E-state index is 12.8. The van der Waals surface area contributed by atoms with Crippen molar-refractivity contribution in [2.75, 3.05) is 5.32 Å². The third kappa shape index (κ3) is 3.33. The molecule has 1 aromatic heterocycles. The highest BCUT2D eigenvalue weighted by Crippen LogP contribution is 2.37. The van der Waals surface area contributed by atoms with Crippen LogP contribution < -0.4 is 5.32 Å². The summed E-state index contributed by atoms with van der Waals surface area (Å²) < 4.78 is 38.3. The Bertz CT molecular complexity index is 668. The average Bonchev–Trinajstić information content (AvgIpc) is 2.83. The second kappa shape index (κ2) is 5.72. The van der Waals surface area contributed by atoms with E-state index < -0.39 is 22.7 Å². The number of nitrogens with zero attached hydrogens (tertiary/aromatic N) is 1. The quantitative estimate of drug-likeness (QED) is 0.889. The molecule has 0 aliphatic heterocycles. The Morgan fingerprint density at radius 3 is 2.57 bits per heavy atom. The number of halogens is 3. The molecule has 0 fully saturated rings. The highest BCUT2D eigenvalue weighted by atomic mass is 32.1. The van der Waals surface area contributed by atoms with Crippen LogP contribution in [0.5, 0.6) is 0 Å². The van der Waals surface area contributed by atoms with Gasteiger partial charge < -0.3 is 10.4 Å². The van der Waals surface area contributed by atoms with E-state index in [1.54, 1.807) is 12.1 Å². The predicted octanol–water partition coefficient (Wildman–Crippen LogP) is 4.17. The smallest absolute Gasteiger partial charge is 0.435 e. The third-order valence-electron chi connectivity index (χ3n) is 2.73. The molecule has 0 aliphatic rings. The average molecular weight is 316 g/mol. The number of benzene rings is 1. The van der Waals surface area contributed by atoms with E-state index in [1.165, 1.54) is 0 Å². The predicted molar refractivity (Wildman–Crippen MR) is 73.2 cm³/mol. The Morgan fingerprint density at radius 2 is 2.05 bits per heavy atom. The lowest BCUT2D eigenvalue weighted by Crippen LogP contribution is -2.11. The largest absolute Gasteiger partial charge is 0.477 e. The van der Waals surface area contributed by atoms with Crippen LogP contribution in [0.15, 0.2) is 24.3 Å². The summed E-state index contributed by atoms with van der Waals surface area (Å²) >= 11 is 0.467. The summed E-state index contributed by atoms with van der Waals surface area (Å²) in [5.41, 5.74) is 0.133. The molecular weight excluding hydrogens is 305 g/mol. The Balaban J connectivity index is 2.40. The Labute approximate surface area is 122 Å². The van der Waals surface area contributed by atoms with Gasteiger partial charge in [-0.25, -0.2) is 9.78 Å². The minimum Gasteiger partial charge on any atom is -0.477 e. The van der Waals surface area contributed by atoms with Gasteiger partial charge in [0.25, 0.3) is 0 Å². The first-order valence-corrected chi connectivity index (χ1v) is 6.80. The number of alkyl halides is 3. The molecule has 1 aromatic carbocycles. The highest BCUT2D eigenvalue weighted by Gasteiger charge is 2.39. The van der Waals surface area contributed by atoms with Crippen LogP contribution in [0.25, 0.3) is 0 Å². The second-order valence-electron chi connectivity index (χ2n) is 4.14. The van der Waals surface area contributed by atoms with Crippen molar-refractivity contribution in [3.8, 4) is 0 Å². The summed E-state index contributed by atoms with van der Waals surface area (Å²) in [7, 11) is 0. The molecule has 0 saturated heterocycles. The fraction of sp³-hybridized carbons (Fsp3) is 0.231. The molecule has 1 heterocycles. The van der Waals surface area contributed by atoms with E-state index in [2.05, 4.69) is 10.3 Å². The minimum absolute atomic E-state index is 0.0966. The van der Waals surface area contributed by atoms with E-state index in [0.29, 0.717) is 23.4 Å². The summed E-state index contributed by atoms with van der Waals surface area (Å²) in [6, 6.07) is 7.08. The molecule has 21 heavy (non-hydrogen) atoms. The second-order valence-corrected chi connectivity index (χ2v) is 5.13. The number of aryl methyl sites for hydroxylation is 1. The van der Waals surface area contributed by atoms with Gasteiger partial charge in [0.05, 0.1) is 0 Å². The van der Waals surface area contributed by atoms with E-state index >= 15 is 0 Å². The van der Waals surface area contributed by atoms with Crippen LogP contribution in [0.3, 0.4) is 0 Å². The number of hydrogen-bond acceptors (Lipinski definition) is 4. The van der Waals surface area contributed by atoms with Crippen molar-refractivity contribution in [3.63, 3.8) is 0 Å². The molecule has 112 valence electrons. The van der Waals surface area contributed by atoms with E-state index in [-0.39, 0.29) is 5.13 Å². The van der Waals surface area contributed by atoms with Gasteiger partial charge in [0, 0.05) is 5.69 Å². The number of aromatic carboxylic acids is 1. The molecule has 2 rings (SSSR count). The number of thiazole rings is 1. The van der Waals surface area contributed by atoms with Gasteiger partial charge in [-0.3, -0.25) is 0 Å². The zero-order valence-corrected chi connectivity index (χ0v) is 11.7. The topological polar surface area (TPSA) is 62.2 Å². The maximum Gasteiger partial charge on any atom is 0.435 e. The van der Waals surface area contributed by atoms with Gasteiger partial charge in [-0.2, -0.15) is 13.2 Å². The summed E-state index contributed by atoms with van der Waals surface area (Å²) in [6.45, 7) is 1.91. The molecule has 0 aliphatic carbocycles. The van der Waals surface area contributed by atoms with Crippen LogP contribution in [-0.4, -0.2) is 16.1 Å². The molecular formula is C13H11F3N2O2S. The molecule has 0 bridgehead atoms. The van der Waals surface area contributed by atoms with Crippen molar-refractivity contribution in [1.29, 1.82) is 0 Å². The standard InChI is InChI=1S/C13H11F3N2O2S/c1-2-7-5-3-4-6-8(7)17-12-18-10(13(14,15)16)9(21-12)11(19)20/h3-6H,2H2,1H3,(H,17,18)(H,19,20). The van der Waals surface area contributed by atoms with Crippen LogP contribution in [-0.2, 0) is 12.6 Å². The molecule has 8 heteroatoms. The Hall–Kier alpha value is -2.09. The monoisotopic (exact) mass is 316 g/mol. The molecule has 0 spiro atoms. The first-order valence-electron chi connectivity index (χ1n) is 5.99. The van der Waals surface area contributed by atoms with E-state index in [4.69, 9.17) is 5.11 Å². The van der Waals surface area contributed by atoms with Gasteiger partial charge in [-0.05, 0) is 18.1 Å². The van der Waals surface area contributed by atoms with Gasteiger partial charge in [-0.15, -0.1) is 0 Å². The van der Waals surface area contributed by atoms with Gasteiger partial charge in [0.15, 0.2) is 10.8 Å². The van der Waals surface area contributed by atoms with E-state index in [9.17, 15) is 18.0 Å². The van der Waals surface area contributed by atoms with Crippen LogP contribution in [0, 0.1) is 0 Å². The van der Waals surface area contributed by atoms with Crippen molar-refractivity contribution >= 4 is 28.1 Å². The van der Waals surface area contributed by atoms with Gasteiger partial charge in [-0.1, -0.05) is 36.5 Å². The molecule has 2 aromatic rings. The van der Waals surface area contributed by atoms with Crippen molar-refractivity contribution < 1.29 is 23.1 Å². The van der Waals surface area contributed by atoms with E-state index in [0.717, 1.165) is 5.56 Å². The lowest BCUT2D eigenvalue weighted by Gasteiger charge is -2.07. The van der Waals surface area contributed by atoms with Crippen LogP contribution >= 0.6 is 11.3 Å². The number of carbonyl (C=O) groups is 1. The number of carboxylic acids is 1. The highest BCUT2D eigenvalue weighted by molar-refractivity contribution is 7.17. The fourth-order valence-corrected chi connectivity index (χ4v) is 2.61. The molecule has 0 amide bonds. The summed E-state index contributed by atoms with van der Waals surface area (Å²) in [6.07, 6.45) is -4.11. The van der Waals surface area contributed by atoms with E-state index in [1.807, 2.05) is 19.1 Å². The number of aromatic nitrogens is 1. The molecule has 0 saturated carbocycles. The third-order valence-corrected chi connectivity index (χ3v) is 3.69. The number of nitrogens with one attached hydrogen (secondary N) is 1. The first kappa shape index (κ1) is 15.3. The molecule has 4 nitrogen and oxygen atoms in total. The number of para-hydroxylation sites is 1. The van der Waals surface area contributed by atoms with Crippen molar-refractivity contribution in [1.82, 2.24) is 4.98 Å². The van der Waals surface area contributed by atoms with Crippen molar-refractivity contribution in [2.24, 2.45) is 0 Å².